The van der Waals surface area contributed by atoms with E-state index in [1.165, 1.54) is 4.90 Å². The van der Waals surface area contributed by atoms with Crippen molar-refractivity contribution in [1.82, 2.24) is 4.98 Å². The quantitative estimate of drug-likeness (QED) is 0.584. The van der Waals surface area contributed by atoms with Crippen molar-refractivity contribution in [2.75, 3.05) is 11.9 Å². The van der Waals surface area contributed by atoms with Gasteiger partial charge in [-0.15, -0.1) is 0 Å². The van der Waals surface area contributed by atoms with Crippen LogP contribution in [0.3, 0.4) is 0 Å². The lowest BCUT2D eigenvalue weighted by molar-refractivity contribution is -0.107. The molecule has 1 radical (unpaired) electrons. The van der Waals surface area contributed by atoms with Gasteiger partial charge in [-0.3, -0.25) is 9.78 Å². The Morgan fingerprint density at radius 1 is 1.73 bits per heavy atom. The third-order valence-electron chi connectivity index (χ3n) is 1.37. The van der Waals surface area contributed by atoms with E-state index in [1.807, 2.05) is 0 Å². The summed E-state index contributed by atoms with van der Waals surface area (Å²) in [6, 6.07) is 3.50. The Balaban J connectivity index is 2.95. The van der Waals surface area contributed by atoms with E-state index in [1.54, 1.807) is 25.4 Å². The van der Waals surface area contributed by atoms with E-state index < -0.39 is 0 Å². The molecule has 1 amide bonds. The second-order valence-electron chi connectivity index (χ2n) is 2.22. The molecule has 57 valence electrons. The van der Waals surface area contributed by atoms with Gasteiger partial charge in [0.2, 0.25) is 6.41 Å². The van der Waals surface area contributed by atoms with Crippen molar-refractivity contribution < 1.29 is 4.79 Å². The minimum absolute atomic E-state index is 0.663. The second-order valence-corrected chi connectivity index (χ2v) is 2.22. The minimum atomic E-state index is 0.663. The first-order chi connectivity index (χ1) is 5.24. The third-order valence-corrected chi connectivity index (χ3v) is 1.37. The van der Waals surface area contributed by atoms with Crippen LogP contribution in [0.5, 0.6) is 0 Å². The smallest absolute Gasteiger partial charge is 0.213 e. The van der Waals surface area contributed by atoms with Gasteiger partial charge in [0.25, 0.3) is 0 Å². The van der Waals surface area contributed by atoms with E-state index in [9.17, 15) is 4.79 Å². The predicted octanol–water partition coefficient (Wildman–Crippen LogP) is 0.856. The topological polar surface area (TPSA) is 33.2 Å². The molecule has 0 saturated carbocycles. The zero-order valence-electron chi connectivity index (χ0n) is 6.32. The molecule has 0 spiro atoms. The number of nitrogens with zero attached hydrogens (tertiary/aromatic N) is 2. The number of aromatic nitrogens is 1. The monoisotopic (exact) mass is 149 g/mol. The molecule has 0 aromatic carbocycles. The molecule has 0 aliphatic rings. The fraction of sp³-hybridized carbons (Fsp3) is 0.125. The molecule has 3 nitrogen and oxygen atoms in total. The van der Waals surface area contributed by atoms with Gasteiger partial charge in [-0.05, 0) is 19.1 Å². The largest absolute Gasteiger partial charge is 0.318 e. The van der Waals surface area contributed by atoms with Crippen LogP contribution in [-0.4, -0.2) is 18.4 Å². The van der Waals surface area contributed by atoms with Crippen LogP contribution in [0.1, 0.15) is 5.69 Å². The minimum Gasteiger partial charge on any atom is -0.318 e. The van der Waals surface area contributed by atoms with E-state index in [-0.39, 0.29) is 0 Å². The molecular formula is C8H9N2O. The SMILES string of the molecule is [CH2]c1cc(N(C)C=O)ccn1. The second kappa shape index (κ2) is 3.14. The molecule has 0 saturated heterocycles. The summed E-state index contributed by atoms with van der Waals surface area (Å²) in [4.78, 5) is 15.7. The molecule has 0 atom stereocenters. The molecule has 0 aliphatic heterocycles. The highest BCUT2D eigenvalue weighted by molar-refractivity contribution is 5.73. The first kappa shape index (κ1) is 7.72. The predicted molar refractivity (Wildman–Crippen MR) is 43.2 cm³/mol. The Bertz CT molecular complexity index is 260. The van der Waals surface area contributed by atoms with Crippen molar-refractivity contribution in [2.24, 2.45) is 0 Å². The number of amides is 1. The third kappa shape index (κ3) is 1.77. The van der Waals surface area contributed by atoms with Crippen molar-refractivity contribution in [3.05, 3.63) is 30.9 Å². The number of pyridine rings is 1. The van der Waals surface area contributed by atoms with Crippen LogP contribution >= 0.6 is 0 Å². The highest BCUT2D eigenvalue weighted by Crippen LogP contribution is 2.09. The molecule has 0 aliphatic carbocycles. The van der Waals surface area contributed by atoms with Gasteiger partial charge in [0, 0.05) is 24.6 Å². The number of carbonyl (C=O) groups is 1. The summed E-state index contributed by atoms with van der Waals surface area (Å²) >= 11 is 0. The van der Waals surface area contributed by atoms with E-state index in [0.29, 0.717) is 5.69 Å². The standard InChI is InChI=1S/C8H9N2O/c1-7-5-8(3-4-9-7)10(2)6-11/h3-6H,1H2,2H3. The Labute approximate surface area is 65.7 Å². The fourth-order valence-corrected chi connectivity index (χ4v) is 0.746. The lowest BCUT2D eigenvalue weighted by Crippen LogP contribution is -2.13. The Morgan fingerprint density at radius 2 is 2.45 bits per heavy atom. The number of rotatable bonds is 2. The maximum Gasteiger partial charge on any atom is 0.213 e. The average molecular weight is 149 g/mol. The van der Waals surface area contributed by atoms with Crippen LogP contribution in [0, 0.1) is 6.92 Å². The van der Waals surface area contributed by atoms with Gasteiger partial charge in [-0.2, -0.15) is 0 Å². The van der Waals surface area contributed by atoms with Crippen LogP contribution in [0.2, 0.25) is 0 Å². The van der Waals surface area contributed by atoms with Gasteiger partial charge < -0.3 is 4.90 Å². The normalized spacial score (nSPS) is 9.27. The molecule has 0 N–H and O–H groups in total. The number of hydrogen-bond donors (Lipinski definition) is 0. The highest BCUT2D eigenvalue weighted by atomic mass is 16.1. The zero-order chi connectivity index (χ0) is 8.27. The molecule has 0 unspecified atom stereocenters. The summed E-state index contributed by atoms with van der Waals surface area (Å²) in [7, 11) is 1.68. The van der Waals surface area contributed by atoms with Gasteiger partial charge in [0.1, 0.15) is 0 Å². The molecule has 1 heterocycles. The number of anilines is 1. The number of carbonyl (C=O) groups excluding carboxylic acids is 1. The van der Waals surface area contributed by atoms with Crippen molar-refractivity contribution in [1.29, 1.82) is 0 Å². The van der Waals surface area contributed by atoms with Crippen molar-refractivity contribution in [2.45, 2.75) is 0 Å². The zero-order valence-corrected chi connectivity index (χ0v) is 6.32. The van der Waals surface area contributed by atoms with Crippen LogP contribution in [0.15, 0.2) is 18.3 Å². The van der Waals surface area contributed by atoms with E-state index in [0.717, 1.165) is 12.1 Å². The molecule has 1 rings (SSSR count). The summed E-state index contributed by atoms with van der Waals surface area (Å²) in [5.41, 5.74) is 1.47. The fourth-order valence-electron chi connectivity index (χ4n) is 0.746. The van der Waals surface area contributed by atoms with Crippen molar-refractivity contribution in [3.63, 3.8) is 0 Å². The van der Waals surface area contributed by atoms with Crippen molar-refractivity contribution in [3.8, 4) is 0 Å². The Kier molecular flexibility index (Phi) is 2.21. The van der Waals surface area contributed by atoms with Crippen molar-refractivity contribution >= 4 is 12.1 Å². The summed E-state index contributed by atoms with van der Waals surface area (Å²) in [5.74, 6) is 0. The number of hydrogen-bond acceptors (Lipinski definition) is 2. The van der Waals surface area contributed by atoms with Gasteiger partial charge >= 0.3 is 0 Å². The molecular weight excluding hydrogens is 140 g/mol. The summed E-state index contributed by atoms with van der Waals surface area (Å²) < 4.78 is 0. The first-order valence-electron chi connectivity index (χ1n) is 3.20. The maximum absolute atomic E-state index is 10.3. The lowest BCUT2D eigenvalue weighted by Gasteiger charge is -2.09. The molecule has 0 bridgehead atoms. The highest BCUT2D eigenvalue weighted by Gasteiger charge is 1.97. The Morgan fingerprint density at radius 3 is 3.00 bits per heavy atom. The molecule has 11 heavy (non-hydrogen) atoms. The summed E-state index contributed by atoms with van der Waals surface area (Å²) in [6.45, 7) is 3.64. The molecule has 0 fully saturated rings. The van der Waals surface area contributed by atoms with Gasteiger partial charge in [0.15, 0.2) is 0 Å². The van der Waals surface area contributed by atoms with Gasteiger partial charge in [-0.25, -0.2) is 0 Å². The summed E-state index contributed by atoms with van der Waals surface area (Å²) in [5, 5.41) is 0. The van der Waals surface area contributed by atoms with Crippen LogP contribution in [0.4, 0.5) is 5.69 Å². The van der Waals surface area contributed by atoms with Gasteiger partial charge in [0.05, 0.1) is 0 Å². The average Bonchev–Trinajstić information content (AvgIpc) is 2.03. The van der Waals surface area contributed by atoms with Crippen LogP contribution in [0.25, 0.3) is 0 Å². The first-order valence-corrected chi connectivity index (χ1v) is 3.20. The Hall–Kier alpha value is -1.38. The van der Waals surface area contributed by atoms with E-state index in [4.69, 9.17) is 0 Å². The molecule has 3 heteroatoms. The lowest BCUT2D eigenvalue weighted by atomic mass is 10.3. The van der Waals surface area contributed by atoms with Crippen LogP contribution < -0.4 is 4.90 Å². The molecule has 1 aromatic heterocycles. The summed E-state index contributed by atoms with van der Waals surface area (Å²) in [6.07, 6.45) is 2.37. The van der Waals surface area contributed by atoms with E-state index in [2.05, 4.69) is 11.9 Å². The van der Waals surface area contributed by atoms with E-state index >= 15 is 0 Å². The van der Waals surface area contributed by atoms with Crippen LogP contribution in [-0.2, 0) is 4.79 Å². The van der Waals surface area contributed by atoms with Gasteiger partial charge in [-0.1, -0.05) is 0 Å². The maximum atomic E-state index is 10.3. The molecule has 1 aromatic rings.